The Balaban J connectivity index is 2.51. The highest BCUT2D eigenvalue weighted by Gasteiger charge is 2.21. The second-order valence-corrected chi connectivity index (χ2v) is 4.85. The molecule has 0 aliphatic heterocycles. The smallest absolute Gasteiger partial charge is 0.303 e. The van der Waals surface area contributed by atoms with Gasteiger partial charge in [0.25, 0.3) is 0 Å². The zero-order chi connectivity index (χ0) is 13.8. The molecule has 0 atom stereocenters. The van der Waals surface area contributed by atoms with Crippen molar-refractivity contribution in [1.82, 2.24) is 0 Å². The lowest BCUT2D eigenvalue weighted by Gasteiger charge is -2.20. The fraction of sp³-hybridized carbons (Fsp3) is 0.133. The zero-order valence-corrected chi connectivity index (χ0v) is 11.8. The predicted octanol–water partition coefficient (Wildman–Crippen LogP) is 4.65. The molecule has 0 unspecified atom stereocenters. The summed E-state index contributed by atoms with van der Waals surface area (Å²) in [7, 11) is 0. The van der Waals surface area contributed by atoms with E-state index in [4.69, 9.17) is 27.9 Å². The molecule has 2 rings (SSSR count). The van der Waals surface area contributed by atoms with E-state index in [-0.39, 0.29) is 5.97 Å². The third kappa shape index (κ3) is 3.28. The van der Waals surface area contributed by atoms with Crippen LogP contribution in [0.4, 0.5) is 0 Å². The van der Waals surface area contributed by atoms with Crippen molar-refractivity contribution in [2.24, 2.45) is 0 Å². The van der Waals surface area contributed by atoms with Crippen molar-refractivity contribution in [2.75, 3.05) is 0 Å². The first kappa shape index (κ1) is 13.9. The van der Waals surface area contributed by atoms with Crippen molar-refractivity contribution < 1.29 is 9.53 Å². The molecule has 0 heterocycles. The first-order valence-electron chi connectivity index (χ1n) is 5.75. The topological polar surface area (TPSA) is 26.3 Å². The fourth-order valence-electron chi connectivity index (χ4n) is 1.84. The minimum atomic E-state index is -0.597. The summed E-state index contributed by atoms with van der Waals surface area (Å²) in [5.74, 6) is -0.384. The van der Waals surface area contributed by atoms with Crippen LogP contribution in [0.3, 0.4) is 0 Å². The quantitative estimate of drug-likeness (QED) is 0.771. The van der Waals surface area contributed by atoms with E-state index in [9.17, 15) is 4.79 Å². The SMILES string of the molecule is CC(=O)OC(c1ccccc1Cl)c1ccccc1Cl. The number of carbonyl (C=O) groups is 1. The summed E-state index contributed by atoms with van der Waals surface area (Å²) in [5.41, 5.74) is 1.43. The van der Waals surface area contributed by atoms with Gasteiger partial charge in [0.05, 0.1) is 0 Å². The Morgan fingerprint density at radius 2 is 1.37 bits per heavy atom. The summed E-state index contributed by atoms with van der Waals surface area (Å²) in [5, 5.41) is 1.07. The first-order chi connectivity index (χ1) is 9.09. The molecule has 0 fully saturated rings. The van der Waals surface area contributed by atoms with Crippen LogP contribution in [0.25, 0.3) is 0 Å². The van der Waals surface area contributed by atoms with Gasteiger partial charge in [-0.3, -0.25) is 4.79 Å². The maximum Gasteiger partial charge on any atom is 0.303 e. The molecule has 0 N–H and O–H groups in total. The Morgan fingerprint density at radius 1 is 0.947 bits per heavy atom. The van der Waals surface area contributed by atoms with Gasteiger partial charge in [0.1, 0.15) is 0 Å². The molecule has 0 aromatic heterocycles. The molecule has 98 valence electrons. The highest BCUT2D eigenvalue weighted by atomic mass is 35.5. The van der Waals surface area contributed by atoms with Gasteiger partial charge in [-0.1, -0.05) is 59.6 Å². The Labute approximate surface area is 121 Å². The lowest BCUT2D eigenvalue weighted by Crippen LogP contribution is -2.11. The molecule has 0 aliphatic rings. The van der Waals surface area contributed by atoms with Crippen molar-refractivity contribution in [3.63, 3.8) is 0 Å². The van der Waals surface area contributed by atoms with Crippen LogP contribution in [0, 0.1) is 0 Å². The molecular formula is C15H12Cl2O2. The summed E-state index contributed by atoms with van der Waals surface area (Å²) < 4.78 is 5.38. The molecule has 2 aromatic rings. The van der Waals surface area contributed by atoms with Gasteiger partial charge in [-0.25, -0.2) is 0 Å². The molecule has 2 nitrogen and oxygen atoms in total. The largest absolute Gasteiger partial charge is 0.453 e. The average Bonchev–Trinajstić information content (AvgIpc) is 2.37. The van der Waals surface area contributed by atoms with E-state index in [1.165, 1.54) is 6.92 Å². The summed E-state index contributed by atoms with van der Waals surface area (Å²) >= 11 is 12.3. The highest BCUT2D eigenvalue weighted by Crippen LogP contribution is 2.34. The average molecular weight is 295 g/mol. The van der Waals surface area contributed by atoms with E-state index in [1.807, 2.05) is 36.4 Å². The number of hydrogen-bond acceptors (Lipinski definition) is 2. The van der Waals surface area contributed by atoms with Gasteiger partial charge in [-0.15, -0.1) is 0 Å². The van der Waals surface area contributed by atoms with E-state index in [2.05, 4.69) is 0 Å². The molecule has 0 aliphatic carbocycles. The maximum atomic E-state index is 11.3. The minimum Gasteiger partial charge on any atom is -0.453 e. The van der Waals surface area contributed by atoms with Crippen molar-refractivity contribution in [1.29, 1.82) is 0 Å². The van der Waals surface area contributed by atoms with Crippen LogP contribution in [0.1, 0.15) is 24.2 Å². The van der Waals surface area contributed by atoms with Gasteiger partial charge in [-0.2, -0.15) is 0 Å². The molecule has 2 aromatic carbocycles. The van der Waals surface area contributed by atoms with Crippen molar-refractivity contribution in [2.45, 2.75) is 13.0 Å². The molecule has 0 spiro atoms. The van der Waals surface area contributed by atoms with Crippen LogP contribution in [0.2, 0.25) is 10.0 Å². The molecular weight excluding hydrogens is 283 g/mol. The Bertz CT molecular complexity index is 551. The van der Waals surface area contributed by atoms with Gasteiger partial charge >= 0.3 is 5.97 Å². The summed E-state index contributed by atoms with van der Waals surface area (Å²) in [4.78, 5) is 11.3. The van der Waals surface area contributed by atoms with E-state index in [0.29, 0.717) is 21.2 Å². The van der Waals surface area contributed by atoms with Crippen molar-refractivity contribution >= 4 is 29.2 Å². The highest BCUT2D eigenvalue weighted by molar-refractivity contribution is 6.32. The number of rotatable bonds is 3. The normalized spacial score (nSPS) is 10.5. The van der Waals surface area contributed by atoms with Crippen LogP contribution < -0.4 is 0 Å². The summed E-state index contributed by atoms with van der Waals surface area (Å²) in [6.07, 6.45) is -0.597. The Morgan fingerprint density at radius 3 is 1.74 bits per heavy atom. The van der Waals surface area contributed by atoms with Gasteiger partial charge in [0.2, 0.25) is 0 Å². The molecule has 0 amide bonds. The second-order valence-electron chi connectivity index (χ2n) is 4.03. The zero-order valence-electron chi connectivity index (χ0n) is 10.3. The van der Waals surface area contributed by atoms with Crippen LogP contribution in [-0.2, 0) is 9.53 Å². The monoisotopic (exact) mass is 294 g/mol. The lowest BCUT2D eigenvalue weighted by atomic mass is 10.0. The van der Waals surface area contributed by atoms with Gasteiger partial charge in [0.15, 0.2) is 6.10 Å². The fourth-order valence-corrected chi connectivity index (χ4v) is 2.31. The molecule has 0 bridgehead atoms. The first-order valence-corrected chi connectivity index (χ1v) is 6.51. The Kier molecular flexibility index (Phi) is 4.46. The maximum absolute atomic E-state index is 11.3. The number of benzene rings is 2. The third-order valence-electron chi connectivity index (χ3n) is 2.66. The minimum absolute atomic E-state index is 0.384. The van der Waals surface area contributed by atoms with E-state index < -0.39 is 6.10 Å². The van der Waals surface area contributed by atoms with Crippen LogP contribution >= 0.6 is 23.2 Å². The summed E-state index contributed by atoms with van der Waals surface area (Å²) in [6, 6.07) is 14.5. The molecule has 19 heavy (non-hydrogen) atoms. The predicted molar refractivity (Wildman–Crippen MR) is 76.5 cm³/mol. The van der Waals surface area contributed by atoms with Crippen LogP contribution in [-0.4, -0.2) is 5.97 Å². The van der Waals surface area contributed by atoms with Gasteiger partial charge < -0.3 is 4.74 Å². The number of ether oxygens (including phenoxy) is 1. The molecule has 0 saturated carbocycles. The number of carbonyl (C=O) groups excluding carboxylic acids is 1. The van der Waals surface area contributed by atoms with Gasteiger partial charge in [0, 0.05) is 28.1 Å². The number of halogens is 2. The molecule has 0 radical (unpaired) electrons. The van der Waals surface area contributed by atoms with Crippen LogP contribution in [0.5, 0.6) is 0 Å². The molecule has 0 saturated heterocycles. The van der Waals surface area contributed by atoms with E-state index in [1.54, 1.807) is 12.1 Å². The van der Waals surface area contributed by atoms with Crippen molar-refractivity contribution in [3.8, 4) is 0 Å². The van der Waals surface area contributed by atoms with E-state index in [0.717, 1.165) is 0 Å². The van der Waals surface area contributed by atoms with E-state index >= 15 is 0 Å². The van der Waals surface area contributed by atoms with Crippen LogP contribution in [0.15, 0.2) is 48.5 Å². The van der Waals surface area contributed by atoms with Crippen molar-refractivity contribution in [3.05, 3.63) is 69.7 Å². The lowest BCUT2D eigenvalue weighted by molar-refractivity contribution is -0.144. The van der Waals surface area contributed by atoms with Gasteiger partial charge in [-0.05, 0) is 12.1 Å². The third-order valence-corrected chi connectivity index (χ3v) is 3.35. The summed E-state index contributed by atoms with van der Waals surface area (Å²) in [6.45, 7) is 1.36. The number of esters is 1. The molecule has 4 heteroatoms. The standard InChI is InChI=1S/C15H12Cl2O2/c1-10(18)19-15(11-6-2-4-8-13(11)16)12-7-3-5-9-14(12)17/h2-9,15H,1H3. The number of hydrogen-bond donors (Lipinski definition) is 0. The Hall–Kier alpha value is -1.51. The second kappa shape index (κ2) is 6.09.